The van der Waals surface area contributed by atoms with Crippen LogP contribution in [0.5, 0.6) is 0 Å². The van der Waals surface area contributed by atoms with Gasteiger partial charge in [0.1, 0.15) is 5.82 Å². The van der Waals surface area contributed by atoms with E-state index in [9.17, 15) is 4.39 Å². The van der Waals surface area contributed by atoms with Gasteiger partial charge in [-0.1, -0.05) is 17.7 Å². The van der Waals surface area contributed by atoms with Crippen LogP contribution in [0.4, 0.5) is 4.39 Å². The van der Waals surface area contributed by atoms with Gasteiger partial charge in [0.05, 0.1) is 4.47 Å². The molecule has 0 amide bonds. The molecule has 0 bridgehead atoms. The molecular formula is C9H8BrClFN. The highest BCUT2D eigenvalue weighted by Crippen LogP contribution is 2.28. The molecule has 0 saturated heterocycles. The summed E-state index contributed by atoms with van der Waals surface area (Å²) in [7, 11) is 0. The van der Waals surface area contributed by atoms with Gasteiger partial charge >= 0.3 is 0 Å². The molecule has 13 heavy (non-hydrogen) atoms. The molecule has 1 aromatic rings. The fourth-order valence-electron chi connectivity index (χ4n) is 0.920. The Morgan fingerprint density at radius 2 is 2.23 bits per heavy atom. The summed E-state index contributed by atoms with van der Waals surface area (Å²) in [5.74, 6) is -0.378. The van der Waals surface area contributed by atoms with Gasteiger partial charge in [0, 0.05) is 11.1 Å². The molecule has 0 aliphatic carbocycles. The third-order valence-electron chi connectivity index (χ3n) is 1.65. The van der Waals surface area contributed by atoms with Crippen LogP contribution in [0.1, 0.15) is 11.6 Å². The van der Waals surface area contributed by atoms with E-state index in [0.29, 0.717) is 15.1 Å². The highest BCUT2D eigenvalue weighted by Gasteiger charge is 2.10. The number of hydrogen-bond donors (Lipinski definition) is 1. The van der Waals surface area contributed by atoms with Crippen molar-refractivity contribution in [3.05, 3.63) is 45.7 Å². The monoisotopic (exact) mass is 263 g/mol. The van der Waals surface area contributed by atoms with E-state index in [4.69, 9.17) is 17.3 Å². The Labute approximate surface area is 89.5 Å². The first-order chi connectivity index (χ1) is 6.06. The van der Waals surface area contributed by atoms with Crippen molar-refractivity contribution in [2.45, 2.75) is 6.04 Å². The van der Waals surface area contributed by atoms with Gasteiger partial charge in [-0.05, 0) is 33.6 Å². The Morgan fingerprint density at radius 3 is 2.77 bits per heavy atom. The Morgan fingerprint density at radius 1 is 1.62 bits per heavy atom. The molecule has 0 unspecified atom stereocenters. The van der Waals surface area contributed by atoms with Gasteiger partial charge in [-0.2, -0.15) is 0 Å². The SMILES string of the molecule is C=C[C@@H](N)c1cc(F)c(Br)cc1Cl. The minimum Gasteiger partial charge on any atom is -0.321 e. The molecule has 0 radical (unpaired) electrons. The Hall–Kier alpha value is -0.380. The summed E-state index contributed by atoms with van der Waals surface area (Å²) in [6.07, 6.45) is 1.51. The van der Waals surface area contributed by atoms with Crippen molar-refractivity contribution in [1.29, 1.82) is 0 Å². The predicted molar refractivity (Wildman–Crippen MR) is 56.2 cm³/mol. The van der Waals surface area contributed by atoms with Crippen LogP contribution in [-0.2, 0) is 0 Å². The van der Waals surface area contributed by atoms with Crippen molar-refractivity contribution in [2.75, 3.05) is 0 Å². The molecule has 1 nitrogen and oxygen atoms in total. The molecule has 1 aromatic carbocycles. The van der Waals surface area contributed by atoms with Crippen molar-refractivity contribution < 1.29 is 4.39 Å². The second kappa shape index (κ2) is 4.22. The van der Waals surface area contributed by atoms with Crippen molar-refractivity contribution in [3.8, 4) is 0 Å². The van der Waals surface area contributed by atoms with E-state index in [2.05, 4.69) is 22.5 Å². The maximum absolute atomic E-state index is 13.1. The average Bonchev–Trinajstić information content (AvgIpc) is 2.10. The number of benzene rings is 1. The van der Waals surface area contributed by atoms with Crippen molar-refractivity contribution in [2.24, 2.45) is 5.73 Å². The molecule has 0 saturated carbocycles. The third kappa shape index (κ3) is 2.30. The lowest BCUT2D eigenvalue weighted by Crippen LogP contribution is -2.07. The zero-order chi connectivity index (χ0) is 10.0. The van der Waals surface area contributed by atoms with E-state index in [-0.39, 0.29) is 5.82 Å². The number of rotatable bonds is 2. The smallest absolute Gasteiger partial charge is 0.137 e. The van der Waals surface area contributed by atoms with Crippen LogP contribution in [0.3, 0.4) is 0 Å². The summed E-state index contributed by atoms with van der Waals surface area (Å²) >= 11 is 8.88. The quantitative estimate of drug-likeness (QED) is 0.643. The van der Waals surface area contributed by atoms with Crippen molar-refractivity contribution in [3.63, 3.8) is 0 Å². The van der Waals surface area contributed by atoms with Gasteiger partial charge in [0.2, 0.25) is 0 Å². The van der Waals surface area contributed by atoms with Gasteiger partial charge < -0.3 is 5.73 Å². The second-order valence-corrected chi connectivity index (χ2v) is 3.81. The summed E-state index contributed by atoms with van der Waals surface area (Å²) in [6, 6.07) is 2.35. The lowest BCUT2D eigenvalue weighted by molar-refractivity contribution is 0.617. The lowest BCUT2D eigenvalue weighted by atomic mass is 10.1. The first-order valence-corrected chi connectivity index (χ1v) is 4.76. The summed E-state index contributed by atoms with van der Waals surface area (Å²) in [5, 5.41) is 0.431. The molecular weight excluding hydrogens is 256 g/mol. The minimum absolute atomic E-state index is 0.331. The lowest BCUT2D eigenvalue weighted by Gasteiger charge is -2.09. The number of hydrogen-bond acceptors (Lipinski definition) is 1. The minimum atomic E-state index is -0.435. The molecule has 0 aliphatic rings. The van der Waals surface area contributed by atoms with Crippen LogP contribution in [-0.4, -0.2) is 0 Å². The topological polar surface area (TPSA) is 26.0 Å². The highest BCUT2D eigenvalue weighted by atomic mass is 79.9. The second-order valence-electron chi connectivity index (χ2n) is 2.55. The fraction of sp³-hybridized carbons (Fsp3) is 0.111. The molecule has 2 N–H and O–H groups in total. The maximum atomic E-state index is 13.1. The van der Waals surface area contributed by atoms with Gasteiger partial charge in [-0.25, -0.2) is 4.39 Å². The van der Waals surface area contributed by atoms with E-state index >= 15 is 0 Å². The van der Waals surface area contributed by atoms with Crippen molar-refractivity contribution in [1.82, 2.24) is 0 Å². The van der Waals surface area contributed by atoms with Gasteiger partial charge in [0.25, 0.3) is 0 Å². The highest BCUT2D eigenvalue weighted by molar-refractivity contribution is 9.10. The van der Waals surface area contributed by atoms with Gasteiger partial charge in [0.15, 0.2) is 0 Å². The zero-order valence-corrected chi connectivity index (χ0v) is 9.07. The fourth-order valence-corrected chi connectivity index (χ4v) is 1.69. The van der Waals surface area contributed by atoms with Crippen LogP contribution in [0.15, 0.2) is 29.3 Å². The van der Waals surface area contributed by atoms with Gasteiger partial charge in [-0.15, -0.1) is 6.58 Å². The summed E-state index contributed by atoms with van der Waals surface area (Å²) in [4.78, 5) is 0. The number of halogens is 3. The first-order valence-electron chi connectivity index (χ1n) is 3.59. The van der Waals surface area contributed by atoms with Gasteiger partial charge in [-0.3, -0.25) is 0 Å². The van der Waals surface area contributed by atoms with Crippen LogP contribution in [0.2, 0.25) is 5.02 Å². The van der Waals surface area contributed by atoms with Crippen molar-refractivity contribution >= 4 is 27.5 Å². The Bertz CT molecular complexity index is 341. The Balaban J connectivity index is 3.22. The van der Waals surface area contributed by atoms with E-state index < -0.39 is 6.04 Å². The van der Waals surface area contributed by atoms with E-state index in [1.165, 1.54) is 18.2 Å². The summed E-state index contributed by atoms with van der Waals surface area (Å²) < 4.78 is 13.4. The molecule has 1 atom stereocenters. The van der Waals surface area contributed by atoms with Crippen LogP contribution in [0.25, 0.3) is 0 Å². The molecule has 0 aromatic heterocycles. The van der Waals surface area contributed by atoms with E-state index in [0.717, 1.165) is 0 Å². The zero-order valence-electron chi connectivity index (χ0n) is 6.73. The molecule has 1 rings (SSSR count). The normalized spacial score (nSPS) is 12.6. The summed E-state index contributed by atoms with van der Waals surface area (Å²) in [6.45, 7) is 3.51. The Kier molecular flexibility index (Phi) is 3.47. The van der Waals surface area contributed by atoms with Crippen LogP contribution in [0, 0.1) is 5.82 Å². The maximum Gasteiger partial charge on any atom is 0.137 e. The first kappa shape index (κ1) is 10.7. The summed E-state index contributed by atoms with van der Waals surface area (Å²) in [5.41, 5.74) is 6.17. The standard InChI is InChI=1S/C9H8BrClFN/c1-2-9(13)5-3-8(12)6(10)4-7(5)11/h2-4,9H,1,13H2/t9-/m1/s1. The van der Waals surface area contributed by atoms with Crippen LogP contribution >= 0.6 is 27.5 Å². The predicted octanol–water partition coefficient (Wildman–Crippen LogP) is 3.43. The third-order valence-corrected chi connectivity index (χ3v) is 2.59. The van der Waals surface area contributed by atoms with E-state index in [1.54, 1.807) is 0 Å². The van der Waals surface area contributed by atoms with Crippen LogP contribution < -0.4 is 5.73 Å². The average molecular weight is 265 g/mol. The van der Waals surface area contributed by atoms with E-state index in [1.807, 2.05) is 0 Å². The molecule has 0 heterocycles. The molecule has 0 fully saturated rings. The number of nitrogens with two attached hydrogens (primary N) is 1. The molecule has 4 heteroatoms. The molecule has 70 valence electrons. The molecule has 0 aliphatic heterocycles. The largest absolute Gasteiger partial charge is 0.321 e. The molecule has 0 spiro atoms.